The molecule has 77 heavy (non-hydrogen) atoms. The molecule has 0 spiro atoms. The molecular formula is C58H64FN9O9. The number of rotatable bonds is 17. The summed E-state index contributed by atoms with van der Waals surface area (Å²) < 4.78 is 47.8. The standard InChI is InChI=1S/C58H64FN9O9/c1-33(2)50(64-57(71)73-5)54(69)66-21-11-17-45(66)52-60-30-42(62-52)36-19-20-44-39(25-36)28-47-49-41(59)27-38(43-31-61-53(63-43)46-18-12-22-67(46)55(70)51(34(3)4)65-58(72)74-6)29-48(49)77-56(68(44)47)37-15-10-16-40(26-37)76-24-23-75-32-35-13-8-7-9-14-35/h7-10,13-16,19-20,25-31,33-34,45-46,50-51,56H,11-12,17-18,21-24,32H2,1-6H3,(H,60,62)(H,61,63)(H,64,71)(H,65,72)/t45-,46-,50+,51+,56?/m0/s1. The number of fused-ring (bicyclic) bond motifs is 5. The van der Waals surface area contributed by atoms with Crippen molar-refractivity contribution in [2.24, 2.45) is 11.8 Å². The van der Waals surface area contributed by atoms with Crippen molar-refractivity contribution in [3.63, 3.8) is 0 Å². The lowest BCUT2D eigenvalue weighted by atomic mass is 10.0. The zero-order valence-electron chi connectivity index (χ0n) is 44.0. The maximum Gasteiger partial charge on any atom is 0.407 e. The number of likely N-dealkylation sites (tertiary alicyclic amines) is 2. The Bertz CT molecular complexity index is 3280. The van der Waals surface area contributed by atoms with E-state index in [0.717, 1.165) is 46.1 Å². The fourth-order valence-corrected chi connectivity index (χ4v) is 10.7. The van der Waals surface area contributed by atoms with Crippen molar-refractivity contribution in [2.75, 3.05) is 40.5 Å². The molecule has 18 nitrogen and oxygen atoms in total. The SMILES string of the molecule is COC(=O)N[C@@H](C(=O)N1CCC[C@H]1c1ncc(-c2cc(F)c3c(c2)OC(c2cccc(OCCOCc4ccccc4)c2)n2c-3cc3cc(-c4cnc([C@@H]5CCCN5C(=O)[C@H](NC(=O)OC)C(C)C)[nH]4)ccc32)[nH]1)C(C)C. The van der Waals surface area contributed by atoms with E-state index >= 15 is 4.39 Å². The second-order valence-corrected chi connectivity index (χ2v) is 20.4. The van der Waals surface area contributed by atoms with E-state index in [0.29, 0.717) is 85.9 Å². The first-order chi connectivity index (χ1) is 37.3. The van der Waals surface area contributed by atoms with Crippen LogP contribution in [0.4, 0.5) is 14.0 Å². The quantitative estimate of drug-likeness (QED) is 0.0632. The van der Waals surface area contributed by atoms with Crippen LogP contribution in [0.15, 0.2) is 103 Å². The number of nitrogens with one attached hydrogen (secondary N) is 4. The Morgan fingerprint density at radius 3 is 1.96 bits per heavy atom. The number of methoxy groups -OCH3 is 2. The van der Waals surface area contributed by atoms with Crippen molar-refractivity contribution >= 4 is 34.9 Å². The van der Waals surface area contributed by atoms with Crippen molar-refractivity contribution in [1.82, 2.24) is 44.9 Å². The molecule has 3 aliphatic rings. The zero-order chi connectivity index (χ0) is 53.9. The number of aromatic amines is 2. The maximum absolute atomic E-state index is 17.1. The van der Waals surface area contributed by atoms with Gasteiger partial charge in [-0.1, -0.05) is 76.2 Å². The van der Waals surface area contributed by atoms with Gasteiger partial charge < -0.3 is 58.7 Å². The average Bonchev–Trinajstić information content (AvgIpc) is 4.31. The molecule has 0 bridgehead atoms. The van der Waals surface area contributed by atoms with Crippen molar-refractivity contribution in [2.45, 2.75) is 90.4 Å². The topological polar surface area (TPSA) is 207 Å². The van der Waals surface area contributed by atoms with Crippen LogP contribution in [0.3, 0.4) is 0 Å². The average molecular weight is 1050 g/mol. The molecule has 3 aromatic heterocycles. The Balaban J connectivity index is 0.961. The highest BCUT2D eigenvalue weighted by Gasteiger charge is 2.40. The molecule has 19 heteroatoms. The molecule has 4 aromatic carbocycles. The minimum atomic E-state index is -0.793. The third-order valence-electron chi connectivity index (χ3n) is 14.7. The molecule has 2 fully saturated rings. The largest absolute Gasteiger partial charge is 0.491 e. The Morgan fingerprint density at radius 2 is 1.35 bits per heavy atom. The van der Waals surface area contributed by atoms with Gasteiger partial charge in [0.15, 0.2) is 0 Å². The number of ether oxygens (including phenoxy) is 5. The summed E-state index contributed by atoms with van der Waals surface area (Å²) in [5, 5.41) is 6.22. The lowest BCUT2D eigenvalue weighted by Gasteiger charge is -2.31. The number of nitrogens with zero attached hydrogens (tertiary/aromatic N) is 5. The summed E-state index contributed by atoms with van der Waals surface area (Å²) in [6.07, 6.45) is 4.17. The number of carbonyl (C=O) groups is 4. The van der Waals surface area contributed by atoms with Gasteiger partial charge in [0.1, 0.15) is 47.7 Å². The number of aromatic nitrogens is 5. The fourth-order valence-electron chi connectivity index (χ4n) is 10.7. The molecule has 0 saturated carbocycles. The number of imidazole rings is 2. The van der Waals surface area contributed by atoms with Crippen LogP contribution in [0.1, 0.15) is 94.5 Å². The first-order valence-electron chi connectivity index (χ1n) is 26.2. The Morgan fingerprint density at radius 1 is 0.727 bits per heavy atom. The Hall–Kier alpha value is -8.19. The molecule has 4 N–H and O–H groups in total. The minimum Gasteiger partial charge on any atom is -0.491 e. The van der Waals surface area contributed by atoms with Gasteiger partial charge in [0.2, 0.25) is 18.0 Å². The van der Waals surface area contributed by atoms with E-state index < -0.39 is 36.3 Å². The van der Waals surface area contributed by atoms with E-state index in [-0.39, 0.29) is 41.3 Å². The van der Waals surface area contributed by atoms with Crippen LogP contribution in [0.5, 0.6) is 11.5 Å². The van der Waals surface area contributed by atoms with Gasteiger partial charge in [0.25, 0.3) is 0 Å². The van der Waals surface area contributed by atoms with Crippen LogP contribution in [0, 0.1) is 17.7 Å². The van der Waals surface area contributed by atoms with Gasteiger partial charge in [0, 0.05) is 35.2 Å². The predicted molar refractivity (Wildman–Crippen MR) is 285 cm³/mol. The Kier molecular flexibility index (Phi) is 15.3. The highest BCUT2D eigenvalue weighted by Crippen LogP contribution is 2.48. The molecule has 0 aliphatic carbocycles. The summed E-state index contributed by atoms with van der Waals surface area (Å²) in [4.78, 5) is 72.1. The van der Waals surface area contributed by atoms with Crippen molar-refractivity contribution in [3.05, 3.63) is 132 Å². The zero-order valence-corrected chi connectivity index (χ0v) is 44.0. The van der Waals surface area contributed by atoms with Gasteiger partial charge in [-0.15, -0.1) is 0 Å². The molecular weight excluding hydrogens is 986 g/mol. The van der Waals surface area contributed by atoms with E-state index in [2.05, 4.69) is 20.6 Å². The number of halogens is 1. The third kappa shape index (κ3) is 10.8. The number of carbonyl (C=O) groups excluding carboxylic acids is 4. The molecule has 10 rings (SSSR count). The van der Waals surface area contributed by atoms with E-state index in [1.54, 1.807) is 22.2 Å². The van der Waals surface area contributed by atoms with Crippen LogP contribution in [-0.4, -0.2) is 111 Å². The second-order valence-electron chi connectivity index (χ2n) is 20.4. The van der Waals surface area contributed by atoms with E-state index in [1.807, 2.05) is 117 Å². The molecule has 402 valence electrons. The molecule has 6 heterocycles. The number of amides is 4. The van der Waals surface area contributed by atoms with E-state index in [9.17, 15) is 19.2 Å². The molecule has 4 amide bonds. The highest BCUT2D eigenvalue weighted by atomic mass is 19.1. The maximum atomic E-state index is 17.1. The predicted octanol–water partition coefficient (Wildman–Crippen LogP) is 9.85. The summed E-state index contributed by atoms with van der Waals surface area (Å²) in [5.41, 5.74) is 6.12. The first kappa shape index (κ1) is 52.3. The number of alkyl carbamates (subject to hydrolysis) is 2. The van der Waals surface area contributed by atoms with Gasteiger partial charge in [-0.25, -0.2) is 23.9 Å². The highest BCUT2D eigenvalue weighted by molar-refractivity contribution is 5.93. The van der Waals surface area contributed by atoms with Crippen LogP contribution in [0.25, 0.3) is 44.7 Å². The van der Waals surface area contributed by atoms with Crippen molar-refractivity contribution in [1.29, 1.82) is 0 Å². The number of benzene rings is 4. The molecule has 7 aromatic rings. The molecule has 3 aliphatic heterocycles. The number of hydrogen-bond acceptors (Lipinski definition) is 11. The van der Waals surface area contributed by atoms with Gasteiger partial charge in [-0.05, 0) is 85.5 Å². The first-order valence-corrected chi connectivity index (χ1v) is 26.2. The van der Waals surface area contributed by atoms with Crippen LogP contribution >= 0.6 is 0 Å². The van der Waals surface area contributed by atoms with Crippen LogP contribution in [0.2, 0.25) is 0 Å². The molecule has 1 unspecified atom stereocenters. The lowest BCUT2D eigenvalue weighted by Crippen LogP contribution is -2.51. The van der Waals surface area contributed by atoms with Gasteiger partial charge >= 0.3 is 12.2 Å². The van der Waals surface area contributed by atoms with Gasteiger partial charge in [-0.3, -0.25) is 9.59 Å². The molecule has 2 saturated heterocycles. The third-order valence-corrected chi connectivity index (χ3v) is 14.7. The normalized spacial score (nSPS) is 17.7. The number of hydrogen-bond donors (Lipinski definition) is 4. The van der Waals surface area contributed by atoms with E-state index in [4.69, 9.17) is 33.7 Å². The van der Waals surface area contributed by atoms with E-state index in [1.165, 1.54) is 20.3 Å². The summed E-state index contributed by atoms with van der Waals surface area (Å²) in [6.45, 7) is 9.66. The number of H-pyrrole nitrogens is 2. The minimum absolute atomic E-state index is 0.170. The molecule has 0 radical (unpaired) electrons. The van der Waals surface area contributed by atoms with Crippen molar-refractivity contribution < 1.29 is 47.3 Å². The van der Waals surface area contributed by atoms with Crippen LogP contribution < -0.4 is 20.1 Å². The van der Waals surface area contributed by atoms with Gasteiger partial charge in [0.05, 0.1) is 80.1 Å². The van der Waals surface area contributed by atoms with Crippen molar-refractivity contribution in [3.8, 4) is 45.3 Å². The fraction of sp³-hybridized carbons (Fsp3) is 0.379. The Labute approximate surface area is 445 Å². The summed E-state index contributed by atoms with van der Waals surface area (Å²) in [7, 11) is 2.54. The monoisotopic (exact) mass is 1050 g/mol. The smallest absolute Gasteiger partial charge is 0.407 e. The summed E-state index contributed by atoms with van der Waals surface area (Å²) >= 11 is 0. The summed E-state index contributed by atoms with van der Waals surface area (Å²) in [6, 6.07) is 26.6. The molecule has 5 atom stereocenters. The summed E-state index contributed by atoms with van der Waals surface area (Å²) in [5.74, 6) is 0.817. The second kappa shape index (κ2) is 22.6. The van der Waals surface area contributed by atoms with Crippen LogP contribution in [-0.2, 0) is 30.4 Å². The van der Waals surface area contributed by atoms with Gasteiger partial charge in [-0.2, -0.15) is 0 Å². The lowest BCUT2D eigenvalue weighted by molar-refractivity contribution is -0.136.